The van der Waals surface area contributed by atoms with Crippen LogP contribution in [0.5, 0.6) is 11.6 Å². The van der Waals surface area contributed by atoms with Crippen LogP contribution in [0.25, 0.3) is 0 Å². The zero-order chi connectivity index (χ0) is 13.3. The first kappa shape index (κ1) is 12.1. The van der Waals surface area contributed by atoms with E-state index in [0.29, 0.717) is 0 Å². The number of aromatic nitrogens is 4. The number of nitrogens with zero attached hydrogens (tertiary/aromatic N) is 4. The third-order valence-corrected chi connectivity index (χ3v) is 1.88. The number of rotatable bonds is 2. The monoisotopic (exact) mass is 259 g/mol. The molecule has 2 N–H and O–H groups in total. The Balaban J connectivity index is 2.31. The number of nitrogens with two attached hydrogens (primary N) is 1. The van der Waals surface area contributed by atoms with Gasteiger partial charge in [0, 0.05) is 13.1 Å². The van der Waals surface area contributed by atoms with E-state index in [4.69, 9.17) is 10.5 Å². The van der Waals surface area contributed by atoms with Gasteiger partial charge < -0.3 is 10.5 Å². The Kier molecular flexibility index (Phi) is 2.81. The molecule has 96 valence electrons. The molecular formula is C9H8F3N5O. The molecule has 0 saturated heterocycles. The van der Waals surface area contributed by atoms with Crippen molar-refractivity contribution >= 4 is 5.82 Å². The van der Waals surface area contributed by atoms with Gasteiger partial charge in [-0.05, 0) is 0 Å². The van der Waals surface area contributed by atoms with Crippen LogP contribution in [0.2, 0.25) is 0 Å². The van der Waals surface area contributed by atoms with Gasteiger partial charge in [0.05, 0.1) is 12.4 Å². The van der Waals surface area contributed by atoms with Crippen LogP contribution in [0.1, 0.15) is 5.82 Å². The van der Waals surface area contributed by atoms with Crippen molar-refractivity contribution in [1.29, 1.82) is 0 Å². The van der Waals surface area contributed by atoms with Gasteiger partial charge in [0.25, 0.3) is 0 Å². The zero-order valence-electron chi connectivity index (χ0n) is 9.14. The highest BCUT2D eigenvalue weighted by molar-refractivity contribution is 5.35. The van der Waals surface area contributed by atoms with Gasteiger partial charge in [0.1, 0.15) is 5.82 Å². The molecule has 2 heterocycles. The molecule has 0 amide bonds. The standard InChI is InChI=1S/C9H8F3N5O/c1-17-4-5(3-14-17)18-7-2-6(13)15-8(16-7)9(10,11)12/h2-4H,1H3,(H2,13,15,16). The van der Waals surface area contributed by atoms with Crippen molar-refractivity contribution in [2.45, 2.75) is 6.18 Å². The van der Waals surface area contributed by atoms with Crippen molar-refractivity contribution < 1.29 is 17.9 Å². The lowest BCUT2D eigenvalue weighted by atomic mass is 10.5. The summed E-state index contributed by atoms with van der Waals surface area (Å²) in [6, 6.07) is 1.10. The second-order valence-electron chi connectivity index (χ2n) is 3.40. The van der Waals surface area contributed by atoms with E-state index < -0.39 is 12.0 Å². The van der Waals surface area contributed by atoms with Crippen LogP contribution >= 0.6 is 0 Å². The number of aryl methyl sites for hydroxylation is 1. The van der Waals surface area contributed by atoms with Crippen LogP contribution in [0.3, 0.4) is 0 Å². The Morgan fingerprint density at radius 3 is 2.61 bits per heavy atom. The minimum absolute atomic E-state index is 0.253. The predicted octanol–water partition coefficient (Wildman–Crippen LogP) is 1.60. The Labute approximate surface area is 99.2 Å². The summed E-state index contributed by atoms with van der Waals surface area (Å²) in [6.45, 7) is 0. The van der Waals surface area contributed by atoms with Crippen molar-refractivity contribution in [1.82, 2.24) is 19.7 Å². The summed E-state index contributed by atoms with van der Waals surface area (Å²) in [5.41, 5.74) is 5.26. The second kappa shape index (κ2) is 4.17. The molecule has 0 spiro atoms. The lowest BCUT2D eigenvalue weighted by Gasteiger charge is -2.08. The molecule has 0 atom stereocenters. The summed E-state index contributed by atoms with van der Waals surface area (Å²) in [5, 5.41) is 3.80. The lowest BCUT2D eigenvalue weighted by molar-refractivity contribution is -0.145. The Morgan fingerprint density at radius 1 is 1.33 bits per heavy atom. The topological polar surface area (TPSA) is 78.9 Å². The first-order chi connectivity index (χ1) is 8.34. The SMILES string of the molecule is Cn1cc(Oc2cc(N)nc(C(F)(F)F)n2)cn1. The number of alkyl halides is 3. The van der Waals surface area contributed by atoms with E-state index in [1.165, 1.54) is 17.1 Å². The van der Waals surface area contributed by atoms with Crippen molar-refractivity contribution in [3.63, 3.8) is 0 Å². The third kappa shape index (κ3) is 2.67. The molecule has 0 saturated carbocycles. The fourth-order valence-electron chi connectivity index (χ4n) is 1.19. The van der Waals surface area contributed by atoms with Gasteiger partial charge in [-0.2, -0.15) is 23.3 Å². The van der Waals surface area contributed by atoms with Crippen LogP contribution < -0.4 is 10.5 Å². The fourth-order valence-corrected chi connectivity index (χ4v) is 1.19. The average molecular weight is 259 g/mol. The molecule has 6 nitrogen and oxygen atoms in total. The number of hydrogen-bond donors (Lipinski definition) is 1. The van der Waals surface area contributed by atoms with Gasteiger partial charge in [0.15, 0.2) is 5.75 Å². The molecule has 0 radical (unpaired) electrons. The van der Waals surface area contributed by atoms with Gasteiger partial charge in [-0.25, -0.2) is 4.98 Å². The highest BCUT2D eigenvalue weighted by Crippen LogP contribution is 2.29. The number of hydrogen-bond acceptors (Lipinski definition) is 5. The van der Waals surface area contributed by atoms with Crippen LogP contribution in [-0.2, 0) is 13.2 Å². The molecule has 18 heavy (non-hydrogen) atoms. The summed E-state index contributed by atoms with van der Waals surface area (Å²) >= 11 is 0. The van der Waals surface area contributed by atoms with E-state index in [-0.39, 0.29) is 17.4 Å². The number of nitrogen functional groups attached to an aromatic ring is 1. The third-order valence-electron chi connectivity index (χ3n) is 1.88. The largest absolute Gasteiger partial charge is 0.451 e. The van der Waals surface area contributed by atoms with Crippen molar-refractivity contribution in [2.24, 2.45) is 7.05 Å². The van der Waals surface area contributed by atoms with Gasteiger partial charge in [-0.3, -0.25) is 4.68 Å². The molecular weight excluding hydrogens is 251 g/mol. The van der Waals surface area contributed by atoms with Crippen LogP contribution in [0.4, 0.5) is 19.0 Å². The maximum atomic E-state index is 12.4. The van der Waals surface area contributed by atoms with E-state index in [0.717, 1.165) is 6.07 Å². The quantitative estimate of drug-likeness (QED) is 0.886. The minimum atomic E-state index is -4.68. The Hall–Kier alpha value is -2.32. The van der Waals surface area contributed by atoms with E-state index in [1.807, 2.05) is 0 Å². The number of ether oxygens (including phenoxy) is 1. The molecule has 2 rings (SSSR count). The smallest absolute Gasteiger partial charge is 0.436 e. The molecule has 0 aliphatic heterocycles. The molecule has 0 aliphatic rings. The van der Waals surface area contributed by atoms with Crippen LogP contribution in [-0.4, -0.2) is 19.7 Å². The Morgan fingerprint density at radius 2 is 2.06 bits per heavy atom. The van der Waals surface area contributed by atoms with Crippen LogP contribution in [0, 0.1) is 0 Å². The van der Waals surface area contributed by atoms with E-state index in [9.17, 15) is 13.2 Å². The number of halogens is 3. The fraction of sp³-hybridized carbons (Fsp3) is 0.222. The van der Waals surface area contributed by atoms with Gasteiger partial charge in [0.2, 0.25) is 11.7 Å². The molecule has 9 heteroatoms. The summed E-state index contributed by atoms with van der Waals surface area (Å²) in [4.78, 5) is 6.33. The van der Waals surface area contributed by atoms with Crippen molar-refractivity contribution in [3.05, 3.63) is 24.3 Å². The molecule has 2 aromatic rings. The minimum Gasteiger partial charge on any atom is -0.436 e. The number of anilines is 1. The van der Waals surface area contributed by atoms with Gasteiger partial charge in [-0.1, -0.05) is 0 Å². The van der Waals surface area contributed by atoms with E-state index >= 15 is 0 Å². The molecule has 0 aromatic carbocycles. The highest BCUT2D eigenvalue weighted by Gasteiger charge is 2.35. The molecule has 0 aliphatic carbocycles. The summed E-state index contributed by atoms with van der Waals surface area (Å²) in [6.07, 6.45) is -1.86. The van der Waals surface area contributed by atoms with Gasteiger partial charge >= 0.3 is 6.18 Å². The molecule has 0 bridgehead atoms. The van der Waals surface area contributed by atoms with E-state index in [2.05, 4.69) is 15.1 Å². The lowest BCUT2D eigenvalue weighted by Crippen LogP contribution is -2.12. The van der Waals surface area contributed by atoms with Crippen molar-refractivity contribution in [3.8, 4) is 11.6 Å². The summed E-state index contributed by atoms with van der Waals surface area (Å²) in [5.74, 6) is -1.70. The van der Waals surface area contributed by atoms with Crippen LogP contribution in [0.15, 0.2) is 18.5 Å². The first-order valence-corrected chi connectivity index (χ1v) is 4.73. The average Bonchev–Trinajstić information content (AvgIpc) is 2.61. The van der Waals surface area contributed by atoms with Crippen molar-refractivity contribution in [2.75, 3.05) is 5.73 Å². The molecule has 2 aromatic heterocycles. The zero-order valence-corrected chi connectivity index (χ0v) is 9.14. The van der Waals surface area contributed by atoms with E-state index in [1.54, 1.807) is 7.05 Å². The summed E-state index contributed by atoms with van der Waals surface area (Å²) in [7, 11) is 1.64. The predicted molar refractivity (Wildman–Crippen MR) is 54.7 cm³/mol. The highest BCUT2D eigenvalue weighted by atomic mass is 19.4. The van der Waals surface area contributed by atoms with Gasteiger partial charge in [-0.15, -0.1) is 0 Å². The maximum Gasteiger partial charge on any atom is 0.451 e. The summed E-state index contributed by atoms with van der Waals surface area (Å²) < 4.78 is 43.9. The normalized spacial score (nSPS) is 11.6. The second-order valence-corrected chi connectivity index (χ2v) is 3.40. The Bertz CT molecular complexity index is 566. The molecule has 0 unspecified atom stereocenters. The first-order valence-electron chi connectivity index (χ1n) is 4.73. The molecule has 0 fully saturated rings. The maximum absolute atomic E-state index is 12.4.